The highest BCUT2D eigenvalue weighted by molar-refractivity contribution is 9.10. The SMILES string of the molecule is CCCCNc1nccn1-c1cc(C)ccc1Br. The van der Waals surface area contributed by atoms with E-state index in [-0.39, 0.29) is 0 Å². The van der Waals surface area contributed by atoms with Crippen LogP contribution in [0.15, 0.2) is 35.1 Å². The smallest absolute Gasteiger partial charge is 0.207 e. The fourth-order valence-corrected chi connectivity index (χ4v) is 2.25. The molecular weight excluding hydrogens is 290 g/mol. The Morgan fingerprint density at radius 3 is 3.00 bits per heavy atom. The number of imidazole rings is 1. The molecule has 1 aromatic carbocycles. The zero-order valence-corrected chi connectivity index (χ0v) is 12.4. The van der Waals surface area contributed by atoms with E-state index in [1.165, 1.54) is 12.0 Å². The number of nitrogens with one attached hydrogen (secondary N) is 1. The third-order valence-electron chi connectivity index (χ3n) is 2.82. The lowest BCUT2D eigenvalue weighted by Gasteiger charge is -2.11. The molecule has 1 N–H and O–H groups in total. The molecule has 0 bridgehead atoms. The number of hydrogen-bond donors (Lipinski definition) is 1. The molecular formula is C14H18BrN3. The van der Waals surface area contributed by atoms with Gasteiger partial charge in [0.05, 0.1) is 5.69 Å². The Morgan fingerprint density at radius 1 is 1.39 bits per heavy atom. The fraction of sp³-hybridized carbons (Fsp3) is 0.357. The summed E-state index contributed by atoms with van der Waals surface area (Å²) in [6, 6.07) is 6.31. The van der Waals surface area contributed by atoms with Crippen molar-refractivity contribution in [2.24, 2.45) is 0 Å². The molecule has 3 nitrogen and oxygen atoms in total. The van der Waals surface area contributed by atoms with E-state index >= 15 is 0 Å². The molecule has 1 aromatic heterocycles. The zero-order valence-electron chi connectivity index (χ0n) is 10.8. The van der Waals surface area contributed by atoms with Crippen molar-refractivity contribution in [1.29, 1.82) is 0 Å². The quantitative estimate of drug-likeness (QED) is 0.841. The molecule has 2 aromatic rings. The highest BCUT2D eigenvalue weighted by Crippen LogP contribution is 2.24. The largest absolute Gasteiger partial charge is 0.355 e. The zero-order chi connectivity index (χ0) is 13.0. The number of rotatable bonds is 5. The molecule has 0 saturated heterocycles. The average Bonchev–Trinajstić information content (AvgIpc) is 2.81. The number of nitrogens with zero attached hydrogens (tertiary/aromatic N) is 2. The second kappa shape index (κ2) is 6.05. The molecule has 4 heteroatoms. The Kier molecular flexibility index (Phi) is 4.42. The van der Waals surface area contributed by atoms with Crippen LogP contribution in [0, 0.1) is 6.92 Å². The van der Waals surface area contributed by atoms with Gasteiger partial charge in [0.25, 0.3) is 0 Å². The molecule has 0 amide bonds. The number of unbranched alkanes of at least 4 members (excludes halogenated alkanes) is 1. The lowest BCUT2D eigenvalue weighted by molar-refractivity contribution is 0.823. The molecule has 1 heterocycles. The summed E-state index contributed by atoms with van der Waals surface area (Å²) >= 11 is 3.59. The molecule has 0 aliphatic carbocycles. The first-order chi connectivity index (χ1) is 8.72. The van der Waals surface area contributed by atoms with Crippen molar-refractivity contribution in [3.8, 4) is 5.69 Å². The van der Waals surface area contributed by atoms with E-state index in [2.05, 4.69) is 62.8 Å². The maximum absolute atomic E-state index is 4.37. The molecule has 0 spiro atoms. The van der Waals surface area contributed by atoms with Gasteiger partial charge in [-0.2, -0.15) is 0 Å². The summed E-state index contributed by atoms with van der Waals surface area (Å²) in [5.74, 6) is 0.898. The summed E-state index contributed by atoms with van der Waals surface area (Å²) in [5.41, 5.74) is 2.35. The number of aromatic nitrogens is 2. The molecule has 0 radical (unpaired) electrons. The van der Waals surface area contributed by atoms with E-state index in [9.17, 15) is 0 Å². The summed E-state index contributed by atoms with van der Waals surface area (Å²) in [6.45, 7) is 5.24. The van der Waals surface area contributed by atoms with E-state index in [0.29, 0.717) is 0 Å². The molecule has 0 aliphatic heterocycles. The third-order valence-corrected chi connectivity index (χ3v) is 3.49. The van der Waals surface area contributed by atoms with Crippen LogP contribution in [-0.2, 0) is 0 Å². The Morgan fingerprint density at radius 2 is 2.22 bits per heavy atom. The first-order valence-electron chi connectivity index (χ1n) is 6.26. The van der Waals surface area contributed by atoms with Gasteiger partial charge in [-0.05, 0) is 47.0 Å². The lowest BCUT2D eigenvalue weighted by Crippen LogP contribution is -2.07. The minimum atomic E-state index is 0.898. The Labute approximate surface area is 116 Å². The van der Waals surface area contributed by atoms with Crippen molar-refractivity contribution < 1.29 is 0 Å². The van der Waals surface area contributed by atoms with Crippen molar-refractivity contribution in [2.45, 2.75) is 26.7 Å². The number of halogens is 1. The second-order valence-corrected chi connectivity index (χ2v) is 5.21. The predicted molar refractivity (Wildman–Crippen MR) is 79.4 cm³/mol. The normalized spacial score (nSPS) is 10.6. The van der Waals surface area contributed by atoms with E-state index in [1.807, 2.05) is 12.4 Å². The van der Waals surface area contributed by atoms with Gasteiger partial charge in [0, 0.05) is 23.4 Å². The molecule has 2 rings (SSSR count). The Balaban J connectivity index is 2.27. The van der Waals surface area contributed by atoms with Crippen molar-refractivity contribution >= 4 is 21.9 Å². The maximum Gasteiger partial charge on any atom is 0.207 e. The van der Waals surface area contributed by atoms with Gasteiger partial charge in [0.1, 0.15) is 0 Å². The van der Waals surface area contributed by atoms with Gasteiger partial charge in [-0.3, -0.25) is 4.57 Å². The van der Waals surface area contributed by atoms with Crippen molar-refractivity contribution in [2.75, 3.05) is 11.9 Å². The van der Waals surface area contributed by atoms with Gasteiger partial charge < -0.3 is 5.32 Å². The second-order valence-electron chi connectivity index (χ2n) is 4.36. The van der Waals surface area contributed by atoms with Crippen LogP contribution in [0.2, 0.25) is 0 Å². The fourth-order valence-electron chi connectivity index (χ4n) is 1.81. The van der Waals surface area contributed by atoms with Crippen molar-refractivity contribution in [3.63, 3.8) is 0 Å². The summed E-state index contributed by atoms with van der Waals surface area (Å²) < 4.78 is 3.15. The van der Waals surface area contributed by atoms with Crippen LogP contribution in [-0.4, -0.2) is 16.1 Å². The van der Waals surface area contributed by atoms with Crippen molar-refractivity contribution in [3.05, 3.63) is 40.6 Å². The van der Waals surface area contributed by atoms with Crippen LogP contribution in [0.3, 0.4) is 0 Å². The standard InChI is InChI=1S/C14H18BrN3/c1-3-4-7-16-14-17-8-9-18(14)13-10-11(2)5-6-12(13)15/h5-6,8-10H,3-4,7H2,1-2H3,(H,16,17). The van der Waals surface area contributed by atoms with Crippen molar-refractivity contribution in [1.82, 2.24) is 9.55 Å². The first kappa shape index (κ1) is 13.1. The molecule has 0 atom stereocenters. The summed E-state index contributed by atoms with van der Waals surface area (Å²) in [5, 5.41) is 3.37. The minimum Gasteiger partial charge on any atom is -0.355 e. The van der Waals surface area contributed by atoms with E-state index in [1.54, 1.807) is 0 Å². The van der Waals surface area contributed by atoms with E-state index in [4.69, 9.17) is 0 Å². The maximum atomic E-state index is 4.37. The predicted octanol–water partition coefficient (Wildman–Crippen LogP) is 4.16. The van der Waals surface area contributed by atoms with Crippen LogP contribution in [0.4, 0.5) is 5.95 Å². The average molecular weight is 308 g/mol. The van der Waals surface area contributed by atoms with Crippen LogP contribution >= 0.6 is 15.9 Å². The highest BCUT2D eigenvalue weighted by atomic mass is 79.9. The molecule has 0 aliphatic rings. The van der Waals surface area contributed by atoms with Crippen LogP contribution in [0.1, 0.15) is 25.3 Å². The van der Waals surface area contributed by atoms with Crippen LogP contribution in [0.5, 0.6) is 0 Å². The van der Waals surface area contributed by atoms with Gasteiger partial charge >= 0.3 is 0 Å². The molecule has 18 heavy (non-hydrogen) atoms. The number of anilines is 1. The van der Waals surface area contributed by atoms with Gasteiger partial charge in [0.2, 0.25) is 5.95 Å². The van der Waals surface area contributed by atoms with Crippen LogP contribution in [0.25, 0.3) is 5.69 Å². The topological polar surface area (TPSA) is 29.9 Å². The minimum absolute atomic E-state index is 0.898. The Hall–Kier alpha value is -1.29. The third kappa shape index (κ3) is 2.93. The molecule has 0 fully saturated rings. The van der Waals surface area contributed by atoms with E-state index < -0.39 is 0 Å². The van der Waals surface area contributed by atoms with Gasteiger partial charge in [0.15, 0.2) is 0 Å². The molecule has 0 unspecified atom stereocenters. The van der Waals surface area contributed by atoms with Gasteiger partial charge in [-0.25, -0.2) is 4.98 Å². The summed E-state index contributed by atoms with van der Waals surface area (Å²) in [4.78, 5) is 4.37. The number of hydrogen-bond acceptors (Lipinski definition) is 2. The highest BCUT2D eigenvalue weighted by Gasteiger charge is 2.07. The summed E-state index contributed by atoms with van der Waals surface area (Å²) in [6.07, 6.45) is 6.14. The lowest BCUT2D eigenvalue weighted by atomic mass is 10.2. The Bertz CT molecular complexity index is 520. The van der Waals surface area contributed by atoms with E-state index in [0.717, 1.165) is 29.1 Å². The number of benzene rings is 1. The summed E-state index contributed by atoms with van der Waals surface area (Å²) in [7, 11) is 0. The van der Waals surface area contributed by atoms with Crippen LogP contribution < -0.4 is 5.32 Å². The van der Waals surface area contributed by atoms with Gasteiger partial charge in [-0.15, -0.1) is 0 Å². The monoisotopic (exact) mass is 307 g/mol. The molecule has 0 saturated carbocycles. The first-order valence-corrected chi connectivity index (χ1v) is 7.05. The number of aryl methyl sites for hydroxylation is 1. The van der Waals surface area contributed by atoms with Gasteiger partial charge in [-0.1, -0.05) is 19.4 Å². The molecule has 96 valence electrons.